The van der Waals surface area contributed by atoms with Crippen molar-refractivity contribution < 1.29 is 8.42 Å². The Morgan fingerprint density at radius 1 is 1.30 bits per heavy atom. The fourth-order valence-corrected chi connectivity index (χ4v) is 4.15. The lowest BCUT2D eigenvalue weighted by Crippen LogP contribution is -2.40. The Kier molecular flexibility index (Phi) is 4.66. The van der Waals surface area contributed by atoms with Crippen molar-refractivity contribution >= 4 is 10.0 Å². The molecule has 1 unspecified atom stereocenters. The highest BCUT2D eigenvalue weighted by molar-refractivity contribution is 7.89. The summed E-state index contributed by atoms with van der Waals surface area (Å²) in [5.41, 5.74) is 2.27. The number of aryl methyl sites for hydroxylation is 1. The highest BCUT2D eigenvalue weighted by atomic mass is 32.2. The first-order valence-corrected chi connectivity index (χ1v) is 8.63. The van der Waals surface area contributed by atoms with Crippen molar-refractivity contribution in [1.82, 2.24) is 4.31 Å². The van der Waals surface area contributed by atoms with Crippen molar-refractivity contribution in [3.63, 3.8) is 0 Å². The molecule has 1 fully saturated rings. The van der Waals surface area contributed by atoms with E-state index in [0.717, 1.165) is 24.8 Å². The molecule has 1 saturated heterocycles. The topological polar surface area (TPSA) is 37.4 Å². The zero-order valence-corrected chi connectivity index (χ0v) is 13.1. The molecule has 0 aliphatic carbocycles. The Balaban J connectivity index is 2.21. The van der Waals surface area contributed by atoms with E-state index in [1.54, 1.807) is 16.4 Å². The molecule has 3 nitrogen and oxygen atoms in total. The lowest BCUT2D eigenvalue weighted by atomic mass is 9.90. The molecule has 0 aromatic heterocycles. The normalized spacial score (nSPS) is 21.1. The van der Waals surface area contributed by atoms with Crippen molar-refractivity contribution in [3.8, 4) is 0 Å². The van der Waals surface area contributed by atoms with E-state index in [9.17, 15) is 8.42 Å². The Hall–Kier alpha value is -1.13. The van der Waals surface area contributed by atoms with Gasteiger partial charge in [-0.3, -0.25) is 0 Å². The van der Waals surface area contributed by atoms with Crippen LogP contribution in [0.25, 0.3) is 0 Å². The van der Waals surface area contributed by atoms with Crippen molar-refractivity contribution in [3.05, 3.63) is 42.0 Å². The maximum absolute atomic E-state index is 12.7. The molecule has 20 heavy (non-hydrogen) atoms. The van der Waals surface area contributed by atoms with Gasteiger partial charge in [-0.2, -0.15) is 4.31 Å². The van der Waals surface area contributed by atoms with Gasteiger partial charge < -0.3 is 0 Å². The van der Waals surface area contributed by atoms with Crippen LogP contribution in [0, 0.1) is 12.8 Å². The highest BCUT2D eigenvalue weighted by Crippen LogP contribution is 2.29. The smallest absolute Gasteiger partial charge is 0.207 e. The quantitative estimate of drug-likeness (QED) is 0.798. The number of nitrogens with zero attached hydrogens (tertiary/aromatic N) is 1. The van der Waals surface area contributed by atoms with E-state index >= 15 is 0 Å². The van der Waals surface area contributed by atoms with Gasteiger partial charge in [0.2, 0.25) is 10.0 Å². The average molecular weight is 293 g/mol. The van der Waals surface area contributed by atoms with E-state index in [2.05, 4.69) is 13.5 Å². The first kappa shape index (κ1) is 15.3. The molecule has 110 valence electrons. The summed E-state index contributed by atoms with van der Waals surface area (Å²) in [6.45, 7) is 9.30. The summed E-state index contributed by atoms with van der Waals surface area (Å²) in [7, 11) is -3.36. The van der Waals surface area contributed by atoms with Crippen molar-refractivity contribution in [1.29, 1.82) is 0 Å². The molecule has 1 aromatic carbocycles. The molecule has 1 heterocycles. The molecule has 0 saturated carbocycles. The molecule has 0 radical (unpaired) electrons. The van der Waals surface area contributed by atoms with Gasteiger partial charge in [-0.05, 0) is 37.8 Å². The summed E-state index contributed by atoms with van der Waals surface area (Å²) in [6.07, 6.45) is 2.84. The van der Waals surface area contributed by atoms with Crippen LogP contribution in [0.4, 0.5) is 0 Å². The van der Waals surface area contributed by atoms with Crippen molar-refractivity contribution in [2.45, 2.75) is 38.0 Å². The minimum atomic E-state index is -3.36. The number of rotatable bonds is 4. The second kappa shape index (κ2) is 6.10. The monoisotopic (exact) mass is 293 g/mol. The van der Waals surface area contributed by atoms with Crippen LogP contribution in [0.5, 0.6) is 0 Å². The SMILES string of the molecule is C=C1CCN(S(=O)(=O)c2ccc(C)cc2)CC1CCC. The minimum absolute atomic E-state index is 0.300. The van der Waals surface area contributed by atoms with Gasteiger partial charge in [-0.1, -0.05) is 43.2 Å². The molecule has 4 heteroatoms. The summed E-state index contributed by atoms with van der Waals surface area (Å²) in [5, 5.41) is 0. The molecule has 1 aliphatic heterocycles. The van der Waals surface area contributed by atoms with Gasteiger partial charge in [0.05, 0.1) is 4.90 Å². The molecular weight excluding hydrogens is 270 g/mol. The summed E-state index contributed by atoms with van der Waals surface area (Å²) < 4.78 is 26.9. The Bertz CT molecular complexity index is 575. The first-order valence-electron chi connectivity index (χ1n) is 7.19. The molecule has 1 atom stereocenters. The van der Waals surface area contributed by atoms with Gasteiger partial charge in [-0.15, -0.1) is 0 Å². The van der Waals surface area contributed by atoms with Crippen LogP contribution in [0.1, 0.15) is 31.7 Å². The van der Waals surface area contributed by atoms with E-state index in [1.807, 2.05) is 19.1 Å². The lowest BCUT2D eigenvalue weighted by molar-refractivity contribution is 0.313. The number of sulfonamides is 1. The van der Waals surface area contributed by atoms with Gasteiger partial charge in [0.25, 0.3) is 0 Å². The first-order chi connectivity index (χ1) is 9.45. The zero-order valence-electron chi connectivity index (χ0n) is 12.3. The Morgan fingerprint density at radius 2 is 1.95 bits per heavy atom. The second-order valence-electron chi connectivity index (χ2n) is 5.57. The van der Waals surface area contributed by atoms with Crippen molar-refractivity contribution in [2.75, 3.05) is 13.1 Å². The minimum Gasteiger partial charge on any atom is -0.207 e. The molecule has 0 spiro atoms. The Morgan fingerprint density at radius 3 is 2.55 bits per heavy atom. The average Bonchev–Trinajstić information content (AvgIpc) is 2.42. The third-order valence-corrected chi connectivity index (χ3v) is 5.86. The highest BCUT2D eigenvalue weighted by Gasteiger charge is 2.31. The largest absolute Gasteiger partial charge is 0.243 e. The third-order valence-electron chi connectivity index (χ3n) is 3.98. The maximum atomic E-state index is 12.7. The maximum Gasteiger partial charge on any atom is 0.243 e. The summed E-state index contributed by atoms with van der Waals surface area (Å²) in [6, 6.07) is 7.09. The number of hydrogen-bond donors (Lipinski definition) is 0. The lowest BCUT2D eigenvalue weighted by Gasteiger charge is -2.33. The number of benzene rings is 1. The molecule has 0 amide bonds. The van der Waals surface area contributed by atoms with Crippen LogP contribution >= 0.6 is 0 Å². The van der Waals surface area contributed by atoms with Crippen LogP contribution in [-0.2, 0) is 10.0 Å². The van der Waals surface area contributed by atoms with Gasteiger partial charge >= 0.3 is 0 Å². The molecule has 2 rings (SSSR count). The van der Waals surface area contributed by atoms with E-state index < -0.39 is 10.0 Å². The van der Waals surface area contributed by atoms with E-state index in [0.29, 0.717) is 23.9 Å². The summed E-state index contributed by atoms with van der Waals surface area (Å²) >= 11 is 0. The van der Waals surface area contributed by atoms with E-state index in [1.165, 1.54) is 5.57 Å². The van der Waals surface area contributed by atoms with E-state index in [-0.39, 0.29) is 0 Å². The fourth-order valence-electron chi connectivity index (χ4n) is 2.66. The van der Waals surface area contributed by atoms with Crippen LogP contribution < -0.4 is 0 Å². The molecule has 1 aromatic rings. The Labute approximate surface area is 122 Å². The predicted octanol–water partition coefficient (Wildman–Crippen LogP) is 3.36. The predicted molar refractivity (Wildman–Crippen MR) is 82.1 cm³/mol. The van der Waals surface area contributed by atoms with Crippen molar-refractivity contribution in [2.24, 2.45) is 5.92 Å². The zero-order chi connectivity index (χ0) is 14.8. The van der Waals surface area contributed by atoms with Crippen LogP contribution in [-0.4, -0.2) is 25.8 Å². The standard InChI is InChI=1S/C16H23NO2S/c1-4-5-15-12-17(11-10-14(15)3)20(18,19)16-8-6-13(2)7-9-16/h6-9,15H,3-5,10-12H2,1-2H3. The second-order valence-corrected chi connectivity index (χ2v) is 7.51. The van der Waals surface area contributed by atoms with Gasteiger partial charge in [0.1, 0.15) is 0 Å². The number of hydrogen-bond acceptors (Lipinski definition) is 2. The fraction of sp³-hybridized carbons (Fsp3) is 0.500. The van der Waals surface area contributed by atoms with Gasteiger partial charge in [-0.25, -0.2) is 8.42 Å². The molecule has 0 bridgehead atoms. The van der Waals surface area contributed by atoms with Gasteiger partial charge in [0, 0.05) is 13.1 Å². The van der Waals surface area contributed by atoms with E-state index in [4.69, 9.17) is 0 Å². The number of piperidine rings is 1. The third kappa shape index (κ3) is 3.13. The molecule has 1 aliphatic rings. The van der Waals surface area contributed by atoms with Crippen LogP contribution in [0.2, 0.25) is 0 Å². The van der Waals surface area contributed by atoms with Crippen LogP contribution in [0.15, 0.2) is 41.3 Å². The van der Waals surface area contributed by atoms with Gasteiger partial charge in [0.15, 0.2) is 0 Å². The molecule has 0 N–H and O–H groups in total. The van der Waals surface area contributed by atoms with Crippen LogP contribution in [0.3, 0.4) is 0 Å². The summed E-state index contributed by atoms with van der Waals surface area (Å²) in [5.74, 6) is 0.300. The summed E-state index contributed by atoms with van der Waals surface area (Å²) in [4.78, 5) is 0.394. The molecular formula is C16H23NO2S.